The molecule has 0 spiro atoms. The number of anilines is 1. The molecule has 0 atom stereocenters. The van der Waals surface area contributed by atoms with Crippen LogP contribution in [0, 0.1) is 17.3 Å². The molecule has 0 aliphatic heterocycles. The predicted octanol–water partition coefficient (Wildman–Crippen LogP) is 1.86. The lowest BCUT2D eigenvalue weighted by atomic mass is 9.89. The third kappa shape index (κ3) is 3.84. The molecule has 0 radical (unpaired) electrons. The van der Waals surface area contributed by atoms with Crippen molar-refractivity contribution in [2.45, 2.75) is 27.2 Å². The van der Waals surface area contributed by atoms with E-state index in [0.29, 0.717) is 5.13 Å². The molecule has 1 heterocycles. The zero-order valence-electron chi connectivity index (χ0n) is 10.2. The van der Waals surface area contributed by atoms with Crippen LogP contribution in [-0.4, -0.2) is 22.6 Å². The summed E-state index contributed by atoms with van der Waals surface area (Å²) in [7, 11) is 0. The number of rotatable bonds is 3. The van der Waals surface area contributed by atoms with Gasteiger partial charge in [-0.25, -0.2) is 4.98 Å². The van der Waals surface area contributed by atoms with Crippen LogP contribution in [0.1, 0.15) is 32.1 Å². The minimum Gasteiger partial charge on any atom is -0.384 e. The normalized spacial score (nSPS) is 10.6. The Hall–Kier alpha value is -1.38. The second-order valence-electron chi connectivity index (χ2n) is 4.18. The highest BCUT2D eigenvalue weighted by molar-refractivity contribution is 7.16. The first-order valence-electron chi connectivity index (χ1n) is 5.36. The Morgan fingerprint density at radius 2 is 2.35 bits per heavy atom. The number of nitrogens with zero attached hydrogens (tertiary/aromatic N) is 1. The summed E-state index contributed by atoms with van der Waals surface area (Å²) in [6, 6.07) is 0. The monoisotopic (exact) mass is 252 g/mol. The van der Waals surface area contributed by atoms with Gasteiger partial charge in [0.1, 0.15) is 6.61 Å². The summed E-state index contributed by atoms with van der Waals surface area (Å²) in [4.78, 5) is 16.7. The fourth-order valence-electron chi connectivity index (χ4n) is 0.943. The van der Waals surface area contributed by atoms with Gasteiger partial charge in [-0.05, 0) is 6.42 Å². The van der Waals surface area contributed by atoms with Crippen LogP contribution < -0.4 is 5.32 Å². The molecular weight excluding hydrogens is 236 g/mol. The molecule has 17 heavy (non-hydrogen) atoms. The number of thiazole rings is 1. The van der Waals surface area contributed by atoms with Crippen molar-refractivity contribution in [3.8, 4) is 11.8 Å². The Labute approximate surface area is 105 Å². The van der Waals surface area contributed by atoms with E-state index in [4.69, 9.17) is 5.11 Å². The molecule has 0 aromatic carbocycles. The average molecular weight is 252 g/mol. The van der Waals surface area contributed by atoms with Crippen molar-refractivity contribution < 1.29 is 9.90 Å². The number of hydrogen-bond donors (Lipinski definition) is 2. The van der Waals surface area contributed by atoms with Gasteiger partial charge in [0.15, 0.2) is 5.13 Å². The SMILES string of the molecule is CCC(C)(C)C(=O)Nc1ncc(C#CCO)s1. The maximum atomic E-state index is 11.9. The van der Waals surface area contributed by atoms with Crippen molar-refractivity contribution in [1.82, 2.24) is 4.98 Å². The molecular formula is C12H16N2O2S. The van der Waals surface area contributed by atoms with Crippen LogP contribution in [0.3, 0.4) is 0 Å². The van der Waals surface area contributed by atoms with Gasteiger partial charge < -0.3 is 10.4 Å². The lowest BCUT2D eigenvalue weighted by Gasteiger charge is -2.20. The summed E-state index contributed by atoms with van der Waals surface area (Å²) in [5.41, 5.74) is -0.400. The van der Waals surface area contributed by atoms with Gasteiger partial charge in [0.25, 0.3) is 0 Å². The van der Waals surface area contributed by atoms with E-state index in [1.54, 1.807) is 6.20 Å². The molecule has 1 rings (SSSR count). The maximum absolute atomic E-state index is 11.9. The third-order valence-corrected chi connectivity index (χ3v) is 3.34. The van der Waals surface area contributed by atoms with Crippen LogP contribution in [0.4, 0.5) is 5.13 Å². The van der Waals surface area contributed by atoms with Gasteiger partial charge in [0.05, 0.1) is 11.1 Å². The Morgan fingerprint density at radius 1 is 1.65 bits per heavy atom. The molecule has 1 aromatic heterocycles. The van der Waals surface area contributed by atoms with Gasteiger partial charge >= 0.3 is 0 Å². The van der Waals surface area contributed by atoms with Crippen molar-refractivity contribution in [3.05, 3.63) is 11.1 Å². The number of nitrogens with one attached hydrogen (secondary N) is 1. The Kier molecular flexibility index (Phi) is 4.67. The molecule has 0 saturated heterocycles. The van der Waals surface area contributed by atoms with E-state index in [1.807, 2.05) is 20.8 Å². The summed E-state index contributed by atoms with van der Waals surface area (Å²) < 4.78 is 0. The molecule has 1 amide bonds. The molecule has 92 valence electrons. The first kappa shape index (κ1) is 13.7. The van der Waals surface area contributed by atoms with E-state index in [9.17, 15) is 4.79 Å². The predicted molar refractivity (Wildman–Crippen MR) is 68.8 cm³/mol. The molecule has 0 aliphatic rings. The summed E-state index contributed by atoms with van der Waals surface area (Å²) in [5, 5.41) is 11.9. The Bertz CT molecular complexity index is 455. The summed E-state index contributed by atoms with van der Waals surface area (Å²) in [6.45, 7) is 5.58. The van der Waals surface area contributed by atoms with Crippen LogP contribution in [0.5, 0.6) is 0 Å². The maximum Gasteiger partial charge on any atom is 0.231 e. The van der Waals surface area contributed by atoms with E-state index in [2.05, 4.69) is 22.1 Å². The largest absolute Gasteiger partial charge is 0.384 e. The van der Waals surface area contributed by atoms with E-state index in [0.717, 1.165) is 11.3 Å². The summed E-state index contributed by atoms with van der Waals surface area (Å²) in [5.74, 6) is 5.24. The molecule has 1 aromatic rings. The first-order chi connectivity index (χ1) is 7.99. The van der Waals surface area contributed by atoms with Gasteiger partial charge in [-0.15, -0.1) is 0 Å². The lowest BCUT2D eigenvalue weighted by molar-refractivity contribution is -0.124. The van der Waals surface area contributed by atoms with Gasteiger partial charge in [-0.1, -0.05) is 43.9 Å². The highest BCUT2D eigenvalue weighted by Gasteiger charge is 2.25. The topological polar surface area (TPSA) is 62.2 Å². The van der Waals surface area contributed by atoms with Gasteiger partial charge in [0, 0.05) is 5.41 Å². The quantitative estimate of drug-likeness (QED) is 0.807. The molecule has 0 aliphatic carbocycles. The van der Waals surface area contributed by atoms with Gasteiger partial charge in [-0.2, -0.15) is 0 Å². The van der Waals surface area contributed by atoms with Crippen molar-refractivity contribution in [2.24, 2.45) is 5.41 Å². The Morgan fingerprint density at radius 3 is 2.94 bits per heavy atom. The number of hydrogen-bond acceptors (Lipinski definition) is 4. The average Bonchev–Trinajstić information content (AvgIpc) is 2.74. The number of carbonyl (C=O) groups excluding carboxylic acids is 1. The zero-order valence-corrected chi connectivity index (χ0v) is 11.0. The van der Waals surface area contributed by atoms with E-state index in [1.165, 1.54) is 11.3 Å². The molecule has 0 fully saturated rings. The molecule has 0 saturated carbocycles. The van der Waals surface area contributed by atoms with E-state index >= 15 is 0 Å². The minimum absolute atomic E-state index is 0.0454. The van der Waals surface area contributed by atoms with Crippen molar-refractivity contribution >= 4 is 22.4 Å². The van der Waals surface area contributed by atoms with Gasteiger partial charge in [0.2, 0.25) is 5.91 Å². The van der Waals surface area contributed by atoms with Crippen molar-refractivity contribution in [2.75, 3.05) is 11.9 Å². The standard InChI is InChI=1S/C12H16N2O2S/c1-4-12(2,3)10(16)14-11-13-8-9(17-11)6-5-7-15/h8,15H,4,7H2,1-3H3,(H,13,14,16). The fraction of sp³-hybridized carbons (Fsp3) is 0.500. The second kappa shape index (κ2) is 5.80. The number of aliphatic hydroxyl groups is 1. The number of amides is 1. The van der Waals surface area contributed by atoms with Gasteiger partial charge in [-0.3, -0.25) is 4.79 Å². The highest BCUT2D eigenvalue weighted by Crippen LogP contribution is 2.24. The van der Waals surface area contributed by atoms with Crippen LogP contribution in [0.25, 0.3) is 0 Å². The van der Waals surface area contributed by atoms with E-state index < -0.39 is 5.41 Å². The third-order valence-electron chi connectivity index (χ3n) is 2.52. The van der Waals surface area contributed by atoms with Crippen molar-refractivity contribution in [3.63, 3.8) is 0 Å². The second-order valence-corrected chi connectivity index (χ2v) is 5.21. The molecule has 2 N–H and O–H groups in total. The lowest BCUT2D eigenvalue weighted by Crippen LogP contribution is -2.29. The van der Waals surface area contributed by atoms with Crippen molar-refractivity contribution in [1.29, 1.82) is 0 Å². The fourth-order valence-corrected chi connectivity index (χ4v) is 1.63. The van der Waals surface area contributed by atoms with E-state index in [-0.39, 0.29) is 12.5 Å². The molecule has 0 unspecified atom stereocenters. The summed E-state index contributed by atoms with van der Waals surface area (Å²) in [6.07, 6.45) is 2.35. The Balaban J connectivity index is 2.70. The van der Waals surface area contributed by atoms with Crippen LogP contribution >= 0.6 is 11.3 Å². The van der Waals surface area contributed by atoms with Crippen LogP contribution in [-0.2, 0) is 4.79 Å². The van der Waals surface area contributed by atoms with Crippen LogP contribution in [0.2, 0.25) is 0 Å². The molecule has 0 bridgehead atoms. The van der Waals surface area contributed by atoms with Crippen LogP contribution in [0.15, 0.2) is 6.20 Å². The number of aliphatic hydroxyl groups excluding tert-OH is 1. The molecule has 5 heteroatoms. The first-order valence-corrected chi connectivity index (χ1v) is 6.18. The number of carbonyl (C=O) groups is 1. The highest BCUT2D eigenvalue weighted by atomic mass is 32.1. The molecule has 4 nitrogen and oxygen atoms in total. The summed E-state index contributed by atoms with van der Waals surface area (Å²) >= 11 is 1.30. The minimum atomic E-state index is -0.400. The smallest absolute Gasteiger partial charge is 0.231 e. The number of aromatic nitrogens is 1. The zero-order chi connectivity index (χ0) is 12.9.